The van der Waals surface area contributed by atoms with Crippen molar-refractivity contribution in [3.8, 4) is 0 Å². The summed E-state index contributed by atoms with van der Waals surface area (Å²) >= 11 is 0. The van der Waals surface area contributed by atoms with E-state index in [9.17, 15) is 4.79 Å². The van der Waals surface area contributed by atoms with Crippen LogP contribution in [-0.2, 0) is 9.47 Å². The highest BCUT2D eigenvalue weighted by atomic mass is 16.7. The first kappa shape index (κ1) is 17.3. The average Bonchev–Trinajstić information content (AvgIpc) is 2.38. The van der Waals surface area contributed by atoms with Crippen molar-refractivity contribution in [2.75, 3.05) is 6.61 Å². The molecule has 18 heavy (non-hydrogen) atoms. The van der Waals surface area contributed by atoms with Gasteiger partial charge < -0.3 is 9.47 Å². The Balaban J connectivity index is 4.05. The number of hydrogen-bond acceptors (Lipinski definition) is 3. The van der Waals surface area contributed by atoms with Crippen LogP contribution in [0, 0.1) is 5.41 Å². The second kappa shape index (κ2) is 7.65. The van der Waals surface area contributed by atoms with E-state index in [1.165, 1.54) is 0 Å². The topological polar surface area (TPSA) is 35.5 Å². The molecule has 0 bridgehead atoms. The van der Waals surface area contributed by atoms with Gasteiger partial charge in [0.2, 0.25) is 0 Å². The Hall–Kier alpha value is -0.730. The lowest BCUT2D eigenvalue weighted by molar-refractivity contribution is -0.0331. The Labute approximate surface area is 112 Å². The molecule has 0 aromatic carbocycles. The van der Waals surface area contributed by atoms with Gasteiger partial charge in [0.15, 0.2) is 0 Å². The Kier molecular flexibility index (Phi) is 7.34. The molecule has 0 aromatic rings. The van der Waals surface area contributed by atoms with Gasteiger partial charge in [-0.1, -0.05) is 47.5 Å². The summed E-state index contributed by atoms with van der Waals surface area (Å²) in [4.78, 5) is 11.6. The van der Waals surface area contributed by atoms with E-state index in [0.29, 0.717) is 6.61 Å². The van der Waals surface area contributed by atoms with Gasteiger partial charge in [-0.05, 0) is 31.6 Å². The Bertz CT molecular complexity index is 240. The van der Waals surface area contributed by atoms with E-state index in [2.05, 4.69) is 20.8 Å². The van der Waals surface area contributed by atoms with E-state index in [0.717, 1.165) is 32.1 Å². The summed E-state index contributed by atoms with van der Waals surface area (Å²) in [7, 11) is 0. The summed E-state index contributed by atoms with van der Waals surface area (Å²) in [6.45, 7) is 13.0. The smallest absolute Gasteiger partial charge is 0.434 e. The molecule has 0 fully saturated rings. The maximum atomic E-state index is 11.6. The monoisotopic (exact) mass is 258 g/mol. The maximum absolute atomic E-state index is 11.6. The first-order chi connectivity index (χ1) is 8.34. The van der Waals surface area contributed by atoms with Gasteiger partial charge in [-0.2, -0.15) is 0 Å². The fourth-order valence-electron chi connectivity index (χ4n) is 1.61. The number of carbonyl (C=O) groups is 1. The van der Waals surface area contributed by atoms with Crippen LogP contribution in [0.3, 0.4) is 0 Å². The molecule has 0 heterocycles. The van der Waals surface area contributed by atoms with Crippen molar-refractivity contribution in [2.45, 2.75) is 79.2 Å². The highest BCUT2D eigenvalue weighted by Gasteiger charge is 2.26. The van der Waals surface area contributed by atoms with Crippen molar-refractivity contribution in [1.29, 1.82) is 0 Å². The average molecular weight is 258 g/mol. The largest absolute Gasteiger partial charge is 0.508 e. The number of rotatable bonds is 8. The van der Waals surface area contributed by atoms with Gasteiger partial charge in [-0.15, -0.1) is 0 Å². The Morgan fingerprint density at radius 3 is 1.83 bits per heavy atom. The van der Waals surface area contributed by atoms with Gasteiger partial charge in [-0.25, -0.2) is 4.79 Å². The third-order valence-electron chi connectivity index (χ3n) is 4.46. The van der Waals surface area contributed by atoms with Crippen LogP contribution in [0.4, 0.5) is 4.79 Å². The zero-order valence-corrected chi connectivity index (χ0v) is 13.0. The van der Waals surface area contributed by atoms with Gasteiger partial charge in [0.1, 0.15) is 5.60 Å². The van der Waals surface area contributed by atoms with Crippen LogP contribution in [0.5, 0.6) is 0 Å². The normalized spacial score (nSPS) is 12.3. The lowest BCUT2D eigenvalue weighted by Gasteiger charge is -2.28. The summed E-state index contributed by atoms with van der Waals surface area (Å²) in [6, 6.07) is 0. The first-order valence-electron chi connectivity index (χ1n) is 7.20. The van der Waals surface area contributed by atoms with Crippen LogP contribution in [-0.4, -0.2) is 18.4 Å². The lowest BCUT2D eigenvalue weighted by atomic mass is 9.82. The molecule has 0 unspecified atom stereocenters. The van der Waals surface area contributed by atoms with Gasteiger partial charge >= 0.3 is 6.16 Å². The summed E-state index contributed by atoms with van der Waals surface area (Å²) in [5.74, 6) is 0. The number of hydrogen-bond donors (Lipinski definition) is 0. The molecule has 0 aliphatic carbocycles. The van der Waals surface area contributed by atoms with Crippen LogP contribution in [0.25, 0.3) is 0 Å². The second-order valence-corrected chi connectivity index (χ2v) is 5.63. The zero-order chi connectivity index (χ0) is 14.2. The first-order valence-corrected chi connectivity index (χ1v) is 7.20. The molecule has 0 saturated carbocycles. The van der Waals surface area contributed by atoms with E-state index in [1.54, 1.807) is 0 Å². The molecule has 108 valence electrons. The van der Waals surface area contributed by atoms with Crippen LogP contribution >= 0.6 is 0 Å². The molecule has 3 heteroatoms. The van der Waals surface area contributed by atoms with Crippen LogP contribution in [0.2, 0.25) is 0 Å². The standard InChI is InChI=1S/C15H30O3/c1-7-14(5,8-2)11-12-17-13(16)18-15(6,9-3)10-4/h7-12H2,1-6H3. The van der Waals surface area contributed by atoms with Crippen LogP contribution < -0.4 is 0 Å². The van der Waals surface area contributed by atoms with E-state index in [1.807, 2.05) is 20.8 Å². The van der Waals surface area contributed by atoms with E-state index in [-0.39, 0.29) is 5.41 Å². The molecule has 0 rings (SSSR count). The minimum atomic E-state index is -0.532. The predicted molar refractivity (Wildman–Crippen MR) is 74.7 cm³/mol. The quantitative estimate of drug-likeness (QED) is 0.579. The highest BCUT2D eigenvalue weighted by molar-refractivity contribution is 5.60. The SMILES string of the molecule is CCC(C)(CC)CCOC(=O)OC(C)(CC)CC. The van der Waals surface area contributed by atoms with Crippen molar-refractivity contribution < 1.29 is 14.3 Å². The highest BCUT2D eigenvalue weighted by Crippen LogP contribution is 2.29. The molecule has 0 saturated heterocycles. The molecular weight excluding hydrogens is 228 g/mol. The zero-order valence-electron chi connectivity index (χ0n) is 13.0. The molecule has 0 amide bonds. The summed E-state index contributed by atoms with van der Waals surface area (Å²) in [5, 5.41) is 0. The van der Waals surface area contributed by atoms with Crippen molar-refractivity contribution >= 4 is 6.16 Å². The summed E-state index contributed by atoms with van der Waals surface area (Å²) in [5.41, 5.74) is -0.130. The van der Waals surface area contributed by atoms with Crippen molar-refractivity contribution in [2.24, 2.45) is 5.41 Å². The molecular formula is C15H30O3. The number of ether oxygens (including phenoxy) is 2. The summed E-state index contributed by atoms with van der Waals surface area (Å²) in [6.07, 6.45) is 4.17. The molecule has 0 spiro atoms. The van der Waals surface area contributed by atoms with Gasteiger partial charge in [0, 0.05) is 0 Å². The number of carbonyl (C=O) groups excluding carboxylic acids is 1. The van der Waals surface area contributed by atoms with Gasteiger partial charge in [0.25, 0.3) is 0 Å². The summed E-state index contributed by atoms with van der Waals surface area (Å²) < 4.78 is 10.5. The van der Waals surface area contributed by atoms with Gasteiger partial charge in [-0.3, -0.25) is 0 Å². The molecule has 0 aliphatic rings. The third kappa shape index (κ3) is 5.74. The van der Waals surface area contributed by atoms with E-state index in [4.69, 9.17) is 9.47 Å². The van der Waals surface area contributed by atoms with E-state index >= 15 is 0 Å². The minimum Gasteiger partial charge on any atom is -0.434 e. The second-order valence-electron chi connectivity index (χ2n) is 5.63. The van der Waals surface area contributed by atoms with Crippen LogP contribution in [0.15, 0.2) is 0 Å². The molecule has 0 atom stereocenters. The molecule has 0 aliphatic heterocycles. The van der Waals surface area contributed by atoms with E-state index < -0.39 is 11.8 Å². The van der Waals surface area contributed by atoms with Crippen LogP contribution in [0.1, 0.15) is 73.6 Å². The fourth-order valence-corrected chi connectivity index (χ4v) is 1.61. The van der Waals surface area contributed by atoms with Crippen molar-refractivity contribution in [1.82, 2.24) is 0 Å². The fraction of sp³-hybridized carbons (Fsp3) is 0.933. The maximum Gasteiger partial charge on any atom is 0.508 e. The molecule has 0 radical (unpaired) electrons. The Morgan fingerprint density at radius 1 is 0.944 bits per heavy atom. The van der Waals surface area contributed by atoms with Crippen molar-refractivity contribution in [3.63, 3.8) is 0 Å². The predicted octanol–water partition coefficient (Wildman–Crippen LogP) is 4.93. The third-order valence-corrected chi connectivity index (χ3v) is 4.46. The van der Waals surface area contributed by atoms with Crippen molar-refractivity contribution in [3.05, 3.63) is 0 Å². The minimum absolute atomic E-state index is 0.263. The Morgan fingerprint density at radius 2 is 1.44 bits per heavy atom. The molecule has 0 aromatic heterocycles. The molecule has 3 nitrogen and oxygen atoms in total. The molecule has 0 N–H and O–H groups in total. The lowest BCUT2D eigenvalue weighted by Crippen LogP contribution is -2.31. The van der Waals surface area contributed by atoms with Gasteiger partial charge in [0.05, 0.1) is 6.61 Å².